The fourth-order valence-corrected chi connectivity index (χ4v) is 1.56. The second kappa shape index (κ2) is 6.60. The van der Waals surface area contributed by atoms with E-state index in [9.17, 15) is 15.3 Å². The molecule has 7 heteroatoms. The molecule has 7 nitrogen and oxygen atoms in total. The number of nitrogens with zero attached hydrogens (tertiary/aromatic N) is 1. The maximum absolute atomic E-state index is 9.63. The van der Waals surface area contributed by atoms with Crippen LogP contribution >= 0.6 is 0 Å². The predicted octanol–water partition coefficient (Wildman–Crippen LogP) is -2.64. The molecule has 0 amide bonds. The largest absolute Gasteiger partial charge is 0.394 e. The van der Waals surface area contributed by atoms with Gasteiger partial charge < -0.3 is 34.8 Å². The third-order valence-electron chi connectivity index (χ3n) is 2.67. The maximum Gasteiger partial charge on any atom is 0.186 e. The van der Waals surface area contributed by atoms with Crippen molar-refractivity contribution in [3.05, 3.63) is 0 Å². The van der Waals surface area contributed by atoms with Gasteiger partial charge in [0.2, 0.25) is 0 Å². The van der Waals surface area contributed by atoms with E-state index >= 15 is 0 Å². The molecule has 1 fully saturated rings. The van der Waals surface area contributed by atoms with Crippen LogP contribution in [0.2, 0.25) is 0 Å². The van der Waals surface area contributed by atoms with Gasteiger partial charge in [0.1, 0.15) is 24.4 Å². The minimum atomic E-state index is -1.38. The van der Waals surface area contributed by atoms with Gasteiger partial charge in [-0.15, -0.1) is 0 Å². The fraction of sp³-hybridized carbons (Fsp3) is 1.00. The van der Waals surface area contributed by atoms with Crippen LogP contribution in [0.1, 0.15) is 0 Å². The summed E-state index contributed by atoms with van der Waals surface area (Å²) in [6.07, 6.45) is -6.01. The van der Waals surface area contributed by atoms with Crippen molar-refractivity contribution in [2.24, 2.45) is 0 Å². The van der Waals surface area contributed by atoms with Crippen molar-refractivity contribution in [3.8, 4) is 0 Å². The van der Waals surface area contributed by atoms with Crippen LogP contribution in [0.3, 0.4) is 0 Å². The Morgan fingerprint density at radius 3 is 2.29 bits per heavy atom. The molecular weight excluding hydrogens is 230 g/mol. The molecule has 0 aromatic carbocycles. The van der Waals surface area contributed by atoms with Crippen LogP contribution < -0.4 is 0 Å². The molecule has 0 saturated carbocycles. The summed E-state index contributed by atoms with van der Waals surface area (Å²) in [7, 11) is 3.74. The van der Waals surface area contributed by atoms with Gasteiger partial charge in [-0.1, -0.05) is 0 Å². The van der Waals surface area contributed by atoms with Gasteiger partial charge in [0.15, 0.2) is 6.29 Å². The molecule has 0 spiro atoms. The second-order valence-electron chi connectivity index (χ2n) is 4.37. The Balaban J connectivity index is 2.47. The standard InChI is InChI=1S/C10H21NO6/c1-11(2)3-4-16-10-9(15)8(14)7(13)6(5-12)17-10/h6-10,12-15H,3-5H2,1-2H3/t6-,7+,8+,9+,10-/m0/s1. The second-order valence-corrected chi connectivity index (χ2v) is 4.37. The van der Waals surface area contributed by atoms with E-state index in [0.29, 0.717) is 13.2 Å². The highest BCUT2D eigenvalue weighted by molar-refractivity contribution is 4.88. The van der Waals surface area contributed by atoms with Crippen molar-refractivity contribution < 1.29 is 29.9 Å². The lowest BCUT2D eigenvalue weighted by Gasteiger charge is -2.39. The zero-order valence-electron chi connectivity index (χ0n) is 10.1. The minimum Gasteiger partial charge on any atom is -0.394 e. The quantitative estimate of drug-likeness (QED) is 0.424. The van der Waals surface area contributed by atoms with E-state index in [2.05, 4.69) is 0 Å². The van der Waals surface area contributed by atoms with E-state index in [4.69, 9.17) is 14.6 Å². The Kier molecular flexibility index (Phi) is 5.74. The molecule has 0 aromatic rings. The molecule has 1 aliphatic rings. The van der Waals surface area contributed by atoms with Crippen molar-refractivity contribution in [1.82, 2.24) is 4.90 Å². The molecule has 0 unspecified atom stereocenters. The zero-order chi connectivity index (χ0) is 13.0. The Bertz CT molecular complexity index is 225. The van der Waals surface area contributed by atoms with Gasteiger partial charge >= 0.3 is 0 Å². The Labute approximate surface area is 100 Å². The molecule has 1 rings (SSSR count). The molecule has 0 aliphatic carbocycles. The highest BCUT2D eigenvalue weighted by Crippen LogP contribution is 2.21. The van der Waals surface area contributed by atoms with Gasteiger partial charge in [0.25, 0.3) is 0 Å². The summed E-state index contributed by atoms with van der Waals surface area (Å²) in [5.74, 6) is 0. The van der Waals surface area contributed by atoms with Crippen LogP contribution in [0.5, 0.6) is 0 Å². The summed E-state index contributed by atoms with van der Waals surface area (Å²) < 4.78 is 10.4. The molecule has 17 heavy (non-hydrogen) atoms. The number of ether oxygens (including phenoxy) is 2. The van der Waals surface area contributed by atoms with Crippen molar-refractivity contribution in [3.63, 3.8) is 0 Å². The molecule has 0 radical (unpaired) electrons. The van der Waals surface area contributed by atoms with Crippen molar-refractivity contribution in [2.75, 3.05) is 33.9 Å². The lowest BCUT2D eigenvalue weighted by molar-refractivity contribution is -0.301. The summed E-state index contributed by atoms with van der Waals surface area (Å²) in [6.45, 7) is 0.503. The van der Waals surface area contributed by atoms with E-state index in [1.54, 1.807) is 0 Å². The Hall–Kier alpha value is -0.280. The molecule has 5 atom stereocenters. The highest BCUT2D eigenvalue weighted by atomic mass is 16.7. The first-order valence-corrected chi connectivity index (χ1v) is 5.54. The normalized spacial score (nSPS) is 38.6. The van der Waals surface area contributed by atoms with Crippen LogP contribution in [0.4, 0.5) is 0 Å². The lowest BCUT2D eigenvalue weighted by Crippen LogP contribution is -2.59. The smallest absolute Gasteiger partial charge is 0.186 e. The highest BCUT2D eigenvalue weighted by Gasteiger charge is 2.43. The summed E-state index contributed by atoms with van der Waals surface area (Å²) in [5.41, 5.74) is 0. The number of aliphatic hydroxyl groups is 4. The van der Waals surface area contributed by atoms with Crippen LogP contribution in [-0.4, -0.2) is 89.9 Å². The first kappa shape index (κ1) is 14.8. The average molecular weight is 251 g/mol. The van der Waals surface area contributed by atoms with Gasteiger partial charge in [-0.2, -0.15) is 0 Å². The topological polar surface area (TPSA) is 103 Å². The summed E-state index contributed by atoms with van der Waals surface area (Å²) >= 11 is 0. The molecule has 1 heterocycles. The molecule has 0 bridgehead atoms. The van der Waals surface area contributed by atoms with E-state index in [0.717, 1.165) is 0 Å². The first-order chi connectivity index (χ1) is 7.97. The SMILES string of the molecule is CN(C)CCO[C@H]1O[C@@H](CO)[C@@H](O)[C@@H](O)[C@H]1O. The molecule has 1 aliphatic heterocycles. The predicted molar refractivity (Wildman–Crippen MR) is 58.3 cm³/mol. The average Bonchev–Trinajstić information content (AvgIpc) is 2.29. The van der Waals surface area contributed by atoms with Gasteiger partial charge in [0.05, 0.1) is 13.2 Å². The molecule has 1 saturated heterocycles. The minimum absolute atomic E-state index is 0.315. The van der Waals surface area contributed by atoms with E-state index in [-0.39, 0.29) is 0 Å². The summed E-state index contributed by atoms with van der Waals surface area (Å²) in [4.78, 5) is 1.89. The molecule has 4 N–H and O–H groups in total. The molecular formula is C10H21NO6. The van der Waals surface area contributed by atoms with Crippen LogP contribution in [0.25, 0.3) is 0 Å². The number of rotatable bonds is 5. The third kappa shape index (κ3) is 3.85. The fourth-order valence-electron chi connectivity index (χ4n) is 1.56. The van der Waals surface area contributed by atoms with Crippen molar-refractivity contribution >= 4 is 0 Å². The van der Waals surface area contributed by atoms with Crippen LogP contribution in [-0.2, 0) is 9.47 Å². The molecule has 0 aromatic heterocycles. The first-order valence-electron chi connectivity index (χ1n) is 5.54. The zero-order valence-corrected chi connectivity index (χ0v) is 10.1. The maximum atomic E-state index is 9.63. The number of hydrogen-bond donors (Lipinski definition) is 4. The number of aliphatic hydroxyl groups excluding tert-OH is 4. The lowest BCUT2D eigenvalue weighted by atomic mass is 9.99. The van der Waals surface area contributed by atoms with Crippen molar-refractivity contribution in [2.45, 2.75) is 30.7 Å². The van der Waals surface area contributed by atoms with Gasteiger partial charge in [0, 0.05) is 6.54 Å². The van der Waals surface area contributed by atoms with E-state index < -0.39 is 37.3 Å². The third-order valence-corrected chi connectivity index (χ3v) is 2.67. The Morgan fingerprint density at radius 1 is 1.12 bits per heavy atom. The van der Waals surface area contributed by atoms with E-state index in [1.165, 1.54) is 0 Å². The van der Waals surface area contributed by atoms with Gasteiger partial charge in [-0.3, -0.25) is 0 Å². The summed E-state index contributed by atoms with van der Waals surface area (Å²) in [5, 5.41) is 37.6. The van der Waals surface area contributed by atoms with E-state index in [1.807, 2.05) is 19.0 Å². The molecule has 102 valence electrons. The van der Waals surface area contributed by atoms with Gasteiger partial charge in [-0.05, 0) is 14.1 Å². The summed E-state index contributed by atoms with van der Waals surface area (Å²) in [6, 6.07) is 0. The van der Waals surface area contributed by atoms with Crippen LogP contribution in [0, 0.1) is 0 Å². The van der Waals surface area contributed by atoms with Gasteiger partial charge in [-0.25, -0.2) is 0 Å². The Morgan fingerprint density at radius 2 is 1.76 bits per heavy atom. The monoisotopic (exact) mass is 251 g/mol. The van der Waals surface area contributed by atoms with Crippen LogP contribution in [0.15, 0.2) is 0 Å². The van der Waals surface area contributed by atoms with Crippen molar-refractivity contribution in [1.29, 1.82) is 0 Å². The number of likely N-dealkylation sites (N-methyl/N-ethyl adjacent to an activating group) is 1. The number of hydrogen-bond acceptors (Lipinski definition) is 7.